The van der Waals surface area contributed by atoms with Crippen LogP contribution in [0.2, 0.25) is 0 Å². The Kier molecular flexibility index (Phi) is 5.01. The summed E-state index contributed by atoms with van der Waals surface area (Å²) in [5.74, 6) is 0. The van der Waals surface area contributed by atoms with Gasteiger partial charge in [0.05, 0.1) is 16.8 Å². The molecule has 0 aliphatic rings. The number of nitrogens with one attached hydrogen (secondary N) is 3. The molecule has 166 valence electrons. The zero-order valence-corrected chi connectivity index (χ0v) is 17.1. The number of urea groups is 1. The Hall–Kier alpha value is -4.27. The van der Waals surface area contributed by atoms with Gasteiger partial charge in [-0.1, -0.05) is 12.1 Å². The van der Waals surface area contributed by atoms with Gasteiger partial charge >= 0.3 is 12.2 Å². The summed E-state index contributed by atoms with van der Waals surface area (Å²) in [6.07, 6.45) is 1.05. The van der Waals surface area contributed by atoms with Gasteiger partial charge in [0.25, 0.3) is 0 Å². The van der Waals surface area contributed by atoms with Gasteiger partial charge in [0.15, 0.2) is 0 Å². The highest BCUT2D eigenvalue weighted by Crippen LogP contribution is 2.31. The number of anilines is 2. The first-order valence-corrected chi connectivity index (χ1v) is 10.1. The van der Waals surface area contributed by atoms with Crippen LogP contribution in [0.1, 0.15) is 11.1 Å². The summed E-state index contributed by atoms with van der Waals surface area (Å²) in [6.45, 7) is 0.611. The van der Waals surface area contributed by atoms with Gasteiger partial charge < -0.3 is 20.2 Å². The number of fused-ring (bicyclic) bond motifs is 2. The predicted molar refractivity (Wildman–Crippen MR) is 121 cm³/mol. The van der Waals surface area contributed by atoms with Crippen LogP contribution in [0.15, 0.2) is 79.3 Å². The molecule has 6 nitrogen and oxygen atoms in total. The van der Waals surface area contributed by atoms with Crippen molar-refractivity contribution in [1.82, 2.24) is 14.5 Å². The second-order valence-corrected chi connectivity index (χ2v) is 7.55. The summed E-state index contributed by atoms with van der Waals surface area (Å²) in [7, 11) is 0. The molecule has 3 N–H and O–H groups in total. The lowest BCUT2D eigenvalue weighted by Crippen LogP contribution is -2.20. The molecule has 0 fully saturated rings. The standard InChI is InChI=1S/C24H18F3N5O/c25-24(26,27)16-3-1-4-17(13-16)30-23(33)31-20-5-2-6-21-19(20)9-12-32(21)14-15-7-10-28-22-18(15)8-11-29-22/h1-13H,14H2,(H,28,29)(H2,30,31,33). The molecular formula is C24H18F3N5O. The van der Waals surface area contributed by atoms with E-state index >= 15 is 0 Å². The third-order valence-corrected chi connectivity index (χ3v) is 5.40. The van der Waals surface area contributed by atoms with E-state index < -0.39 is 17.8 Å². The third kappa shape index (κ3) is 4.12. The van der Waals surface area contributed by atoms with E-state index in [9.17, 15) is 18.0 Å². The Balaban J connectivity index is 1.37. The molecule has 3 heterocycles. The van der Waals surface area contributed by atoms with Crippen LogP contribution in [0.25, 0.3) is 21.9 Å². The number of halogens is 3. The second kappa shape index (κ2) is 8.01. The normalized spacial score (nSPS) is 11.7. The first kappa shape index (κ1) is 20.6. The number of hydrogen-bond acceptors (Lipinski definition) is 2. The Morgan fingerprint density at radius 3 is 2.70 bits per heavy atom. The monoisotopic (exact) mass is 449 g/mol. The molecule has 9 heteroatoms. The smallest absolute Gasteiger partial charge is 0.346 e. The summed E-state index contributed by atoms with van der Waals surface area (Å²) >= 11 is 0. The van der Waals surface area contributed by atoms with Gasteiger partial charge in [0, 0.05) is 41.6 Å². The van der Waals surface area contributed by atoms with Crippen molar-refractivity contribution in [3.05, 3.63) is 90.4 Å². The first-order valence-electron chi connectivity index (χ1n) is 10.1. The maximum absolute atomic E-state index is 12.9. The average molecular weight is 449 g/mol. The molecule has 0 unspecified atom stereocenters. The number of aromatic amines is 1. The quantitative estimate of drug-likeness (QED) is 0.304. The number of carbonyl (C=O) groups excluding carboxylic acids is 1. The van der Waals surface area contributed by atoms with Crippen molar-refractivity contribution in [3.63, 3.8) is 0 Å². The Morgan fingerprint density at radius 2 is 1.85 bits per heavy atom. The number of hydrogen-bond donors (Lipinski definition) is 3. The molecule has 0 atom stereocenters. The summed E-state index contributed by atoms with van der Waals surface area (Å²) in [4.78, 5) is 19.9. The maximum Gasteiger partial charge on any atom is 0.416 e. The molecule has 33 heavy (non-hydrogen) atoms. The van der Waals surface area contributed by atoms with E-state index in [0.717, 1.165) is 39.6 Å². The molecule has 0 bridgehead atoms. The van der Waals surface area contributed by atoms with Crippen molar-refractivity contribution in [2.24, 2.45) is 0 Å². The third-order valence-electron chi connectivity index (χ3n) is 5.40. The Morgan fingerprint density at radius 1 is 1.00 bits per heavy atom. The van der Waals surface area contributed by atoms with Crippen LogP contribution in [0, 0.1) is 0 Å². The molecule has 0 aliphatic heterocycles. The minimum absolute atomic E-state index is 0.0558. The number of aromatic nitrogens is 3. The molecule has 0 spiro atoms. The lowest BCUT2D eigenvalue weighted by molar-refractivity contribution is -0.137. The fraction of sp³-hybridized carbons (Fsp3) is 0.0833. The molecule has 2 aromatic carbocycles. The van der Waals surface area contributed by atoms with Gasteiger partial charge in [0.2, 0.25) is 0 Å². The zero-order valence-electron chi connectivity index (χ0n) is 17.1. The van der Waals surface area contributed by atoms with E-state index in [2.05, 4.69) is 25.2 Å². The van der Waals surface area contributed by atoms with Gasteiger partial charge in [-0.3, -0.25) is 0 Å². The average Bonchev–Trinajstić information content (AvgIpc) is 3.42. The van der Waals surface area contributed by atoms with Crippen LogP contribution in [0.4, 0.5) is 29.3 Å². The lowest BCUT2D eigenvalue weighted by Gasteiger charge is -2.12. The van der Waals surface area contributed by atoms with Crippen molar-refractivity contribution in [2.75, 3.05) is 10.6 Å². The summed E-state index contributed by atoms with van der Waals surface area (Å²) in [5.41, 5.74) is 2.61. The first-order chi connectivity index (χ1) is 15.9. The highest BCUT2D eigenvalue weighted by atomic mass is 19.4. The number of benzene rings is 2. The highest BCUT2D eigenvalue weighted by Gasteiger charge is 2.30. The van der Waals surface area contributed by atoms with Crippen LogP contribution in [0.3, 0.4) is 0 Å². The molecule has 0 saturated carbocycles. The molecular weight excluding hydrogens is 431 g/mol. The largest absolute Gasteiger partial charge is 0.416 e. The van der Waals surface area contributed by atoms with E-state index in [0.29, 0.717) is 12.2 Å². The summed E-state index contributed by atoms with van der Waals surface area (Å²) in [6, 6.07) is 15.2. The zero-order chi connectivity index (χ0) is 23.0. The van der Waals surface area contributed by atoms with Gasteiger partial charge in [-0.15, -0.1) is 0 Å². The summed E-state index contributed by atoms with van der Waals surface area (Å²) in [5, 5.41) is 7.05. The van der Waals surface area contributed by atoms with E-state index in [1.807, 2.05) is 42.7 Å². The number of H-pyrrole nitrogens is 1. The van der Waals surface area contributed by atoms with Gasteiger partial charge in [-0.2, -0.15) is 13.2 Å². The van der Waals surface area contributed by atoms with Gasteiger partial charge in [-0.25, -0.2) is 9.78 Å². The molecule has 2 amide bonds. The van der Waals surface area contributed by atoms with E-state index in [-0.39, 0.29) is 5.69 Å². The van der Waals surface area contributed by atoms with Gasteiger partial charge in [-0.05, 0) is 54.1 Å². The predicted octanol–water partition coefficient (Wildman–Crippen LogP) is 6.23. The van der Waals surface area contributed by atoms with Gasteiger partial charge in [0.1, 0.15) is 5.65 Å². The van der Waals surface area contributed by atoms with E-state index in [1.165, 1.54) is 12.1 Å². The fourth-order valence-corrected chi connectivity index (χ4v) is 3.87. The molecule has 5 rings (SSSR count). The van der Waals surface area contributed by atoms with Crippen LogP contribution in [-0.4, -0.2) is 20.6 Å². The van der Waals surface area contributed by atoms with Crippen molar-refractivity contribution >= 4 is 39.3 Å². The number of nitrogens with zero attached hydrogens (tertiary/aromatic N) is 2. The minimum atomic E-state index is -4.48. The van der Waals surface area contributed by atoms with Crippen molar-refractivity contribution in [2.45, 2.75) is 12.7 Å². The van der Waals surface area contributed by atoms with Crippen molar-refractivity contribution in [1.29, 1.82) is 0 Å². The molecule has 5 aromatic rings. The SMILES string of the molecule is O=C(Nc1cccc(C(F)(F)F)c1)Nc1cccc2c1ccn2Cc1ccnc2[nH]ccc12. The lowest BCUT2D eigenvalue weighted by atomic mass is 10.2. The highest BCUT2D eigenvalue weighted by molar-refractivity contribution is 6.05. The molecule has 0 saturated heterocycles. The van der Waals surface area contributed by atoms with Crippen LogP contribution >= 0.6 is 0 Å². The minimum Gasteiger partial charge on any atom is -0.346 e. The Bertz CT molecular complexity index is 1470. The number of pyridine rings is 1. The number of rotatable bonds is 4. The number of amides is 2. The Labute approximate surface area is 186 Å². The molecule has 0 aliphatic carbocycles. The topological polar surface area (TPSA) is 74.7 Å². The van der Waals surface area contributed by atoms with Crippen molar-refractivity contribution < 1.29 is 18.0 Å². The van der Waals surface area contributed by atoms with E-state index in [4.69, 9.17) is 0 Å². The van der Waals surface area contributed by atoms with Crippen LogP contribution in [-0.2, 0) is 12.7 Å². The fourth-order valence-electron chi connectivity index (χ4n) is 3.87. The van der Waals surface area contributed by atoms with Crippen LogP contribution < -0.4 is 10.6 Å². The number of alkyl halides is 3. The van der Waals surface area contributed by atoms with E-state index in [1.54, 1.807) is 12.3 Å². The number of carbonyl (C=O) groups is 1. The second-order valence-electron chi connectivity index (χ2n) is 7.55. The molecule has 0 radical (unpaired) electrons. The van der Waals surface area contributed by atoms with Crippen molar-refractivity contribution in [3.8, 4) is 0 Å². The maximum atomic E-state index is 12.9. The van der Waals surface area contributed by atoms with Crippen LogP contribution in [0.5, 0.6) is 0 Å². The summed E-state index contributed by atoms with van der Waals surface area (Å²) < 4.78 is 40.8. The molecule has 3 aromatic heterocycles.